The minimum Gasteiger partial charge on any atom is -0.354 e. The molecule has 0 spiro atoms. The van der Waals surface area contributed by atoms with Crippen LogP contribution in [0.15, 0.2) is 66.0 Å². The highest BCUT2D eigenvalue weighted by molar-refractivity contribution is 8.00. The number of hydrogen-bond donors (Lipinski definition) is 1. The lowest BCUT2D eigenvalue weighted by Gasteiger charge is -2.24. The van der Waals surface area contributed by atoms with E-state index in [4.69, 9.17) is 16.7 Å². The molecule has 2 aromatic carbocycles. The Kier molecular flexibility index (Phi) is 7.93. The first-order valence-electron chi connectivity index (χ1n) is 12.5. The summed E-state index contributed by atoms with van der Waals surface area (Å²) in [4.78, 5) is 29.4. The number of aryl methyl sites for hydroxylation is 1. The molecule has 0 fully saturated rings. The Morgan fingerprint density at radius 3 is 2.68 bits per heavy atom. The topological polar surface area (TPSA) is 67.2 Å². The van der Waals surface area contributed by atoms with Gasteiger partial charge in [-0.25, -0.2) is 4.68 Å². The molecule has 0 saturated heterocycles. The lowest BCUT2D eigenvalue weighted by molar-refractivity contribution is -0.123. The van der Waals surface area contributed by atoms with Crippen LogP contribution in [-0.2, 0) is 9.59 Å². The van der Waals surface area contributed by atoms with E-state index in [2.05, 4.69) is 5.32 Å². The van der Waals surface area contributed by atoms with Gasteiger partial charge in [0.1, 0.15) is 18.1 Å². The standard InChI is InChI=1S/C29H29ClN4O2S2/c1-18(2)15-31-24(35)16-33-25(36)17-38-28(20-9-6-10-21(30)14-20)26-27(23-12-7-13-37-23)32-34(29(26)33)22-11-5-4-8-19(22)3/h4-14,18,28H,15-17H2,1-3H3,(H,31,35)/t28-/m1/s1. The summed E-state index contributed by atoms with van der Waals surface area (Å²) in [5, 5.41) is 10.6. The van der Waals surface area contributed by atoms with Crippen LogP contribution in [0.3, 0.4) is 0 Å². The summed E-state index contributed by atoms with van der Waals surface area (Å²) in [7, 11) is 0. The number of benzene rings is 2. The SMILES string of the molecule is Cc1ccccc1-n1nc(-c2cccs2)c2c1N(CC(=O)NCC(C)C)C(=O)CS[C@@H]2c1cccc(Cl)c1. The molecule has 2 amide bonds. The van der Waals surface area contributed by atoms with Crippen molar-refractivity contribution < 1.29 is 9.59 Å². The fourth-order valence-electron chi connectivity index (χ4n) is 4.53. The number of carbonyl (C=O) groups excluding carboxylic acids is 2. The van der Waals surface area contributed by atoms with Gasteiger partial charge in [0.2, 0.25) is 11.8 Å². The van der Waals surface area contributed by atoms with Crippen molar-refractivity contribution in [1.29, 1.82) is 0 Å². The van der Waals surface area contributed by atoms with Gasteiger partial charge in [-0.05, 0) is 53.6 Å². The van der Waals surface area contributed by atoms with E-state index in [1.165, 1.54) is 11.8 Å². The third kappa shape index (κ3) is 5.39. The second-order valence-electron chi connectivity index (χ2n) is 9.69. The quantitative estimate of drug-likeness (QED) is 0.278. The fraction of sp³-hybridized carbons (Fsp3) is 0.276. The van der Waals surface area contributed by atoms with Crippen LogP contribution in [-0.4, -0.2) is 40.4 Å². The second-order valence-corrected chi connectivity index (χ2v) is 12.2. The predicted octanol–water partition coefficient (Wildman–Crippen LogP) is 6.50. The number of rotatable bonds is 7. The third-order valence-corrected chi connectivity index (χ3v) is 8.71. The van der Waals surface area contributed by atoms with Crippen molar-refractivity contribution in [1.82, 2.24) is 15.1 Å². The number of carbonyl (C=O) groups is 2. The lowest BCUT2D eigenvalue weighted by Crippen LogP contribution is -2.43. The molecule has 1 aliphatic rings. The number of nitrogens with zero attached hydrogens (tertiary/aromatic N) is 3. The molecule has 4 aromatic rings. The molecule has 2 aromatic heterocycles. The largest absolute Gasteiger partial charge is 0.354 e. The van der Waals surface area contributed by atoms with Crippen molar-refractivity contribution in [2.24, 2.45) is 5.92 Å². The monoisotopic (exact) mass is 564 g/mol. The van der Waals surface area contributed by atoms with Gasteiger partial charge in [0, 0.05) is 17.1 Å². The molecule has 5 rings (SSSR count). The Hall–Kier alpha value is -3.07. The maximum absolute atomic E-state index is 13.7. The molecule has 9 heteroatoms. The van der Waals surface area contributed by atoms with E-state index < -0.39 is 0 Å². The fourth-order valence-corrected chi connectivity index (χ4v) is 6.64. The molecule has 38 heavy (non-hydrogen) atoms. The first-order chi connectivity index (χ1) is 18.3. The van der Waals surface area contributed by atoms with E-state index in [1.54, 1.807) is 16.2 Å². The number of hydrogen-bond acceptors (Lipinski definition) is 5. The van der Waals surface area contributed by atoms with Crippen LogP contribution in [0.25, 0.3) is 16.3 Å². The number of amides is 2. The highest BCUT2D eigenvalue weighted by atomic mass is 35.5. The van der Waals surface area contributed by atoms with Crippen LogP contribution in [0.5, 0.6) is 0 Å². The first kappa shape index (κ1) is 26.5. The Morgan fingerprint density at radius 2 is 1.97 bits per heavy atom. The lowest BCUT2D eigenvalue weighted by atomic mass is 10.0. The minimum absolute atomic E-state index is 0.0805. The summed E-state index contributed by atoms with van der Waals surface area (Å²) in [6, 6.07) is 19.8. The van der Waals surface area contributed by atoms with Crippen molar-refractivity contribution in [3.8, 4) is 16.3 Å². The zero-order chi connectivity index (χ0) is 26.8. The Labute approximate surface area is 236 Å². The highest BCUT2D eigenvalue weighted by Crippen LogP contribution is 2.49. The summed E-state index contributed by atoms with van der Waals surface area (Å²) in [6.45, 7) is 6.58. The highest BCUT2D eigenvalue weighted by Gasteiger charge is 2.38. The van der Waals surface area contributed by atoms with Crippen molar-refractivity contribution in [2.45, 2.75) is 26.0 Å². The van der Waals surface area contributed by atoms with Gasteiger partial charge in [0.25, 0.3) is 0 Å². The second kappa shape index (κ2) is 11.4. The van der Waals surface area contributed by atoms with Gasteiger partial charge in [-0.15, -0.1) is 23.1 Å². The van der Waals surface area contributed by atoms with E-state index in [0.717, 1.165) is 32.9 Å². The summed E-state index contributed by atoms with van der Waals surface area (Å²) in [5.41, 5.74) is 4.58. The molecule has 0 aliphatic carbocycles. The maximum Gasteiger partial charge on any atom is 0.240 e. The van der Waals surface area contributed by atoms with Crippen LogP contribution in [0.1, 0.15) is 35.8 Å². The normalized spacial score (nSPS) is 15.4. The summed E-state index contributed by atoms with van der Waals surface area (Å²) in [6.07, 6.45) is 0. The van der Waals surface area contributed by atoms with Crippen molar-refractivity contribution >= 4 is 52.3 Å². The molecule has 1 N–H and O–H groups in total. The minimum atomic E-state index is -0.203. The van der Waals surface area contributed by atoms with Gasteiger partial charge < -0.3 is 5.32 Å². The molecule has 0 bridgehead atoms. The van der Waals surface area contributed by atoms with Crippen LogP contribution in [0.2, 0.25) is 5.02 Å². The molecular weight excluding hydrogens is 536 g/mol. The van der Waals surface area contributed by atoms with E-state index in [9.17, 15) is 9.59 Å². The van der Waals surface area contributed by atoms with E-state index >= 15 is 0 Å². The number of thiophene rings is 1. The van der Waals surface area contributed by atoms with Crippen molar-refractivity contribution in [3.05, 3.63) is 87.8 Å². The third-order valence-electron chi connectivity index (χ3n) is 6.35. The molecule has 1 aliphatic heterocycles. The van der Waals surface area contributed by atoms with E-state index in [1.807, 2.05) is 91.5 Å². The molecule has 6 nitrogen and oxygen atoms in total. The first-order valence-corrected chi connectivity index (χ1v) is 14.8. The number of thioether (sulfide) groups is 1. The van der Waals surface area contributed by atoms with Crippen LogP contribution in [0, 0.1) is 12.8 Å². The molecule has 1 atom stereocenters. The zero-order valence-electron chi connectivity index (χ0n) is 21.5. The van der Waals surface area contributed by atoms with Crippen LogP contribution < -0.4 is 10.2 Å². The number of nitrogens with one attached hydrogen (secondary N) is 1. The smallest absolute Gasteiger partial charge is 0.240 e. The molecule has 0 radical (unpaired) electrons. The van der Waals surface area contributed by atoms with Gasteiger partial charge in [-0.1, -0.05) is 61.8 Å². The molecule has 0 unspecified atom stereocenters. The average molecular weight is 565 g/mol. The van der Waals surface area contributed by atoms with E-state index in [-0.39, 0.29) is 29.4 Å². The van der Waals surface area contributed by atoms with Gasteiger partial charge in [0.15, 0.2) is 0 Å². The van der Waals surface area contributed by atoms with Gasteiger partial charge in [0.05, 0.1) is 21.6 Å². The Balaban J connectivity index is 1.76. The van der Waals surface area contributed by atoms with Gasteiger partial charge in [-0.3, -0.25) is 14.5 Å². The average Bonchev–Trinajstić information content (AvgIpc) is 3.52. The number of anilines is 1. The molecule has 3 heterocycles. The van der Waals surface area contributed by atoms with Gasteiger partial charge in [-0.2, -0.15) is 5.10 Å². The Bertz CT molecular complexity index is 1470. The summed E-state index contributed by atoms with van der Waals surface area (Å²) in [5.74, 6) is 0.829. The van der Waals surface area contributed by atoms with Crippen LogP contribution in [0.4, 0.5) is 5.82 Å². The molecular formula is C29H29ClN4O2S2. The molecule has 0 saturated carbocycles. The zero-order valence-corrected chi connectivity index (χ0v) is 23.9. The van der Waals surface area contributed by atoms with Gasteiger partial charge >= 0.3 is 0 Å². The number of fused-ring (bicyclic) bond motifs is 1. The predicted molar refractivity (Wildman–Crippen MR) is 158 cm³/mol. The van der Waals surface area contributed by atoms with Crippen molar-refractivity contribution in [3.63, 3.8) is 0 Å². The number of aromatic nitrogens is 2. The number of halogens is 1. The van der Waals surface area contributed by atoms with Crippen molar-refractivity contribution in [2.75, 3.05) is 23.7 Å². The van der Waals surface area contributed by atoms with E-state index in [0.29, 0.717) is 23.3 Å². The Morgan fingerprint density at radius 1 is 1.16 bits per heavy atom. The molecule has 196 valence electrons. The van der Waals surface area contributed by atoms with Crippen LogP contribution >= 0.6 is 34.7 Å². The number of para-hydroxylation sites is 1. The maximum atomic E-state index is 13.7. The summed E-state index contributed by atoms with van der Waals surface area (Å²) < 4.78 is 1.84. The summed E-state index contributed by atoms with van der Waals surface area (Å²) >= 11 is 9.56.